The van der Waals surface area contributed by atoms with Crippen LogP contribution in [0.2, 0.25) is 0 Å². The Morgan fingerprint density at radius 2 is 1.83 bits per heavy atom. The molecular weight excluding hydrogens is 152 g/mol. The van der Waals surface area contributed by atoms with Gasteiger partial charge in [-0.1, -0.05) is 33.6 Å². The molecule has 1 atom stereocenters. The van der Waals surface area contributed by atoms with Crippen molar-refractivity contribution in [1.29, 1.82) is 0 Å². The fourth-order valence-corrected chi connectivity index (χ4v) is 1.09. The average Bonchev–Trinajstić information content (AvgIpc) is 2.02. The van der Waals surface area contributed by atoms with Gasteiger partial charge in [-0.25, -0.2) is 0 Å². The van der Waals surface area contributed by atoms with Crippen molar-refractivity contribution < 1.29 is 9.59 Å². The van der Waals surface area contributed by atoms with Gasteiger partial charge in [-0.15, -0.1) is 0 Å². The summed E-state index contributed by atoms with van der Waals surface area (Å²) in [6.45, 7) is 6.13. The first-order valence-corrected chi connectivity index (χ1v) is 4.57. The maximum atomic E-state index is 10.8. The molecule has 0 bridgehead atoms. The number of ketones is 1. The first-order valence-electron chi connectivity index (χ1n) is 4.57. The van der Waals surface area contributed by atoms with E-state index < -0.39 is 0 Å². The zero-order valence-corrected chi connectivity index (χ0v) is 8.17. The molecule has 0 spiro atoms. The van der Waals surface area contributed by atoms with E-state index in [1.165, 1.54) is 0 Å². The van der Waals surface area contributed by atoms with Crippen LogP contribution in [-0.2, 0) is 9.59 Å². The van der Waals surface area contributed by atoms with E-state index in [2.05, 4.69) is 13.8 Å². The van der Waals surface area contributed by atoms with E-state index in [0.29, 0.717) is 12.2 Å². The van der Waals surface area contributed by atoms with Crippen LogP contribution in [0.15, 0.2) is 0 Å². The molecule has 70 valence electrons. The van der Waals surface area contributed by atoms with Gasteiger partial charge in [0, 0.05) is 5.92 Å². The van der Waals surface area contributed by atoms with E-state index in [1.807, 2.05) is 6.92 Å². The van der Waals surface area contributed by atoms with E-state index in [1.54, 1.807) is 0 Å². The van der Waals surface area contributed by atoms with E-state index in [0.717, 1.165) is 19.3 Å². The molecule has 0 heterocycles. The molecule has 0 amide bonds. The third-order valence-corrected chi connectivity index (χ3v) is 2.02. The molecule has 0 rings (SSSR count). The second-order valence-corrected chi connectivity index (χ2v) is 3.75. The summed E-state index contributed by atoms with van der Waals surface area (Å²) < 4.78 is 0. The fraction of sp³-hybridized carbons (Fsp3) is 0.800. The monoisotopic (exact) mass is 170 g/mol. The Morgan fingerprint density at radius 3 is 2.25 bits per heavy atom. The summed E-state index contributed by atoms with van der Waals surface area (Å²) in [5, 5.41) is 0. The quantitative estimate of drug-likeness (QED) is 0.452. The molecule has 0 aromatic rings. The van der Waals surface area contributed by atoms with Crippen molar-refractivity contribution in [2.45, 2.75) is 40.0 Å². The van der Waals surface area contributed by atoms with E-state index in [4.69, 9.17) is 0 Å². The third kappa shape index (κ3) is 5.05. The lowest BCUT2D eigenvalue weighted by atomic mass is 9.97. The van der Waals surface area contributed by atoms with Gasteiger partial charge in [0.1, 0.15) is 0 Å². The highest BCUT2D eigenvalue weighted by Gasteiger charge is 2.10. The lowest BCUT2D eigenvalue weighted by Gasteiger charge is -2.07. The van der Waals surface area contributed by atoms with Crippen molar-refractivity contribution in [3.63, 3.8) is 0 Å². The van der Waals surface area contributed by atoms with Gasteiger partial charge in [0.2, 0.25) is 0 Å². The van der Waals surface area contributed by atoms with Gasteiger partial charge in [0.05, 0.1) is 0 Å². The van der Waals surface area contributed by atoms with Gasteiger partial charge in [-0.2, -0.15) is 0 Å². The Balaban J connectivity index is 3.50. The number of carbonyl (C=O) groups excluding carboxylic acids is 2. The molecule has 0 aromatic heterocycles. The van der Waals surface area contributed by atoms with Crippen molar-refractivity contribution in [3.05, 3.63) is 0 Å². The topological polar surface area (TPSA) is 34.1 Å². The minimum absolute atomic E-state index is 0.0822. The first-order chi connectivity index (χ1) is 5.57. The molecular formula is C10H18O2. The molecule has 12 heavy (non-hydrogen) atoms. The van der Waals surface area contributed by atoms with Gasteiger partial charge in [-0.05, 0) is 12.3 Å². The first kappa shape index (κ1) is 11.3. The van der Waals surface area contributed by atoms with Crippen molar-refractivity contribution in [2.24, 2.45) is 11.8 Å². The van der Waals surface area contributed by atoms with Crippen molar-refractivity contribution in [2.75, 3.05) is 0 Å². The highest BCUT2D eigenvalue weighted by molar-refractivity contribution is 6.25. The molecule has 0 aromatic carbocycles. The molecule has 2 nitrogen and oxygen atoms in total. The van der Waals surface area contributed by atoms with Crippen LogP contribution in [0.3, 0.4) is 0 Å². The highest BCUT2D eigenvalue weighted by Crippen LogP contribution is 2.12. The van der Waals surface area contributed by atoms with Crippen LogP contribution >= 0.6 is 0 Å². The molecule has 2 heteroatoms. The predicted molar refractivity (Wildman–Crippen MR) is 48.9 cm³/mol. The molecule has 0 N–H and O–H groups in total. The van der Waals surface area contributed by atoms with Gasteiger partial charge >= 0.3 is 0 Å². The van der Waals surface area contributed by atoms with Crippen LogP contribution in [0, 0.1) is 11.8 Å². The second-order valence-electron chi connectivity index (χ2n) is 3.75. The zero-order valence-electron chi connectivity index (χ0n) is 8.17. The molecule has 0 aliphatic rings. The predicted octanol–water partition coefficient (Wildman–Crippen LogP) is 2.22. The Morgan fingerprint density at radius 1 is 1.25 bits per heavy atom. The summed E-state index contributed by atoms with van der Waals surface area (Å²) in [6, 6.07) is 0. The van der Waals surface area contributed by atoms with Crippen LogP contribution in [-0.4, -0.2) is 12.1 Å². The molecule has 0 fully saturated rings. The number of rotatable bonds is 6. The third-order valence-electron chi connectivity index (χ3n) is 2.02. The van der Waals surface area contributed by atoms with Crippen LogP contribution in [0.25, 0.3) is 0 Å². The maximum absolute atomic E-state index is 10.8. The number of hydrogen-bond donors (Lipinski definition) is 0. The minimum atomic E-state index is -0.265. The second kappa shape index (κ2) is 5.92. The van der Waals surface area contributed by atoms with E-state index in [9.17, 15) is 9.59 Å². The van der Waals surface area contributed by atoms with Gasteiger partial charge in [-0.3, -0.25) is 9.59 Å². The lowest BCUT2D eigenvalue weighted by Crippen LogP contribution is -2.11. The molecule has 0 radical (unpaired) electrons. The van der Waals surface area contributed by atoms with Crippen LogP contribution in [0.4, 0.5) is 0 Å². The van der Waals surface area contributed by atoms with Crippen LogP contribution in [0.1, 0.15) is 40.0 Å². The molecule has 0 aliphatic heterocycles. The zero-order chi connectivity index (χ0) is 9.56. The van der Waals surface area contributed by atoms with Crippen molar-refractivity contribution >= 4 is 12.1 Å². The average molecular weight is 170 g/mol. The Labute approximate surface area is 74.3 Å². The summed E-state index contributed by atoms with van der Waals surface area (Å²) in [6.07, 6.45) is 3.45. The summed E-state index contributed by atoms with van der Waals surface area (Å²) in [4.78, 5) is 20.9. The Kier molecular flexibility index (Phi) is 5.60. The number of hydrogen-bond acceptors (Lipinski definition) is 2. The smallest absolute Gasteiger partial charge is 0.197 e. The summed E-state index contributed by atoms with van der Waals surface area (Å²) in [5.74, 6) is 0.337. The van der Waals surface area contributed by atoms with Gasteiger partial charge in [0.15, 0.2) is 12.1 Å². The molecule has 0 saturated carbocycles. The van der Waals surface area contributed by atoms with Crippen LogP contribution < -0.4 is 0 Å². The largest absolute Gasteiger partial charge is 0.295 e. The molecule has 0 unspecified atom stereocenters. The fourth-order valence-electron chi connectivity index (χ4n) is 1.09. The summed E-state index contributed by atoms with van der Waals surface area (Å²) >= 11 is 0. The number of Topliss-reactive ketones (excluding diaryl/α,β-unsaturated/α-hetero) is 1. The van der Waals surface area contributed by atoms with Gasteiger partial charge in [0.25, 0.3) is 0 Å². The summed E-state index contributed by atoms with van der Waals surface area (Å²) in [7, 11) is 0. The highest BCUT2D eigenvalue weighted by atomic mass is 16.2. The van der Waals surface area contributed by atoms with E-state index >= 15 is 0 Å². The number of carbonyl (C=O) groups is 2. The standard InChI is InChI=1S/C10H18O2/c1-8(2)5-4-6-9(3)10(12)7-11/h7-9H,4-6H2,1-3H3/t9-/m1/s1. The van der Waals surface area contributed by atoms with Crippen molar-refractivity contribution in [3.8, 4) is 0 Å². The minimum Gasteiger partial charge on any atom is -0.295 e. The summed E-state index contributed by atoms with van der Waals surface area (Å²) in [5.41, 5.74) is 0. The lowest BCUT2D eigenvalue weighted by molar-refractivity contribution is -0.132. The Bertz CT molecular complexity index is 150. The number of aldehydes is 1. The molecule has 0 saturated heterocycles. The SMILES string of the molecule is CC(C)CCC[C@@H](C)C(=O)C=O. The van der Waals surface area contributed by atoms with Crippen molar-refractivity contribution in [1.82, 2.24) is 0 Å². The molecule has 0 aliphatic carbocycles. The Hall–Kier alpha value is -0.660. The van der Waals surface area contributed by atoms with Gasteiger partial charge < -0.3 is 0 Å². The maximum Gasteiger partial charge on any atom is 0.197 e. The van der Waals surface area contributed by atoms with Crippen LogP contribution in [0.5, 0.6) is 0 Å². The normalized spacial score (nSPS) is 13.0. The van der Waals surface area contributed by atoms with E-state index in [-0.39, 0.29) is 11.7 Å².